The van der Waals surface area contributed by atoms with Gasteiger partial charge in [-0.25, -0.2) is 0 Å². The average Bonchev–Trinajstić information content (AvgIpc) is 3.26. The third-order valence-corrected chi connectivity index (χ3v) is 14.0. The summed E-state index contributed by atoms with van der Waals surface area (Å²) < 4.78 is 0. The highest BCUT2D eigenvalue weighted by atomic mass is 16.4. The van der Waals surface area contributed by atoms with Gasteiger partial charge in [-0.05, 0) is 51.4 Å². The summed E-state index contributed by atoms with van der Waals surface area (Å²) in [5.74, 6) is -4.07. The fourth-order valence-corrected chi connectivity index (χ4v) is 8.92. The first-order valence-electron chi connectivity index (χ1n) is 27.8. The molecule has 0 spiro atoms. The van der Waals surface area contributed by atoms with E-state index in [1.165, 1.54) is 51.4 Å². The van der Waals surface area contributed by atoms with Gasteiger partial charge >= 0.3 is 23.9 Å². The van der Waals surface area contributed by atoms with Crippen molar-refractivity contribution in [1.82, 2.24) is 0 Å². The van der Waals surface area contributed by atoms with Gasteiger partial charge in [-0.1, -0.05) is 241 Å². The molecule has 0 aromatic rings. The van der Waals surface area contributed by atoms with Gasteiger partial charge in [-0.3, -0.25) is 28.8 Å². The first kappa shape index (κ1) is 67.0. The Hall–Kier alpha value is -3.04. The van der Waals surface area contributed by atoms with Gasteiger partial charge in [0.2, 0.25) is 0 Å². The number of ketones is 2. The zero-order valence-electron chi connectivity index (χ0n) is 45.1. The zero-order chi connectivity index (χ0) is 51.7. The highest BCUT2D eigenvalue weighted by Crippen LogP contribution is 2.35. The Morgan fingerprint density at radius 1 is 0.338 bits per heavy atom. The molecule has 0 unspecified atom stereocenters. The minimum absolute atomic E-state index is 0.216. The lowest BCUT2D eigenvalue weighted by atomic mass is 9.78. The van der Waals surface area contributed by atoms with Crippen LogP contribution in [0.1, 0.15) is 299 Å². The lowest BCUT2D eigenvalue weighted by Gasteiger charge is -2.25. The predicted octanol–water partition coefficient (Wildman–Crippen LogP) is 16.9. The molecule has 0 rings (SSSR count). The van der Waals surface area contributed by atoms with Crippen molar-refractivity contribution in [2.45, 2.75) is 299 Å². The van der Waals surface area contributed by atoms with E-state index < -0.39 is 34.7 Å². The fourth-order valence-electron chi connectivity index (χ4n) is 8.92. The first-order valence-corrected chi connectivity index (χ1v) is 27.8. The fraction of sp³-hybridized carbons (Fsp3) is 0.862. The molecule has 398 valence electrons. The normalized spacial score (nSPS) is 12.0. The molecule has 0 aromatic heterocycles. The quantitative estimate of drug-likeness (QED) is 0.0260. The summed E-state index contributed by atoms with van der Waals surface area (Å²) in [6.45, 7) is 17.7. The average molecular weight is 963 g/mol. The number of carbonyl (C=O) groups is 6. The van der Waals surface area contributed by atoms with Gasteiger partial charge in [0.05, 0.1) is 0 Å². The molecule has 10 heteroatoms. The SMILES string of the molecule is C=CCCCCCCCCCC(CCCCCCCCCCC(=O)C(C)(C)C)(C(=O)O)C(=O)O.CCCCCCCCCCCC(CCCCCCCCCCC(=O)C(C)(C)C)(C(=O)O)C(=O)O. The van der Waals surface area contributed by atoms with Crippen LogP contribution < -0.4 is 0 Å². The summed E-state index contributed by atoms with van der Waals surface area (Å²) in [6, 6.07) is 0. The number of unbranched alkanes of at least 4 members (excludes halogenated alkanes) is 29. The molecule has 0 atom stereocenters. The Labute approximate surface area is 416 Å². The molecule has 10 nitrogen and oxygen atoms in total. The molecule has 0 aromatic carbocycles. The maximum Gasteiger partial charge on any atom is 0.321 e. The van der Waals surface area contributed by atoms with Gasteiger partial charge in [-0.15, -0.1) is 6.58 Å². The number of rotatable bonds is 46. The summed E-state index contributed by atoms with van der Waals surface area (Å²) in [5.41, 5.74) is -3.74. The number of carbonyl (C=O) groups excluding carboxylic acids is 2. The van der Waals surface area contributed by atoms with E-state index in [2.05, 4.69) is 13.5 Å². The van der Waals surface area contributed by atoms with E-state index in [9.17, 15) is 49.2 Å². The lowest BCUT2D eigenvalue weighted by molar-refractivity contribution is -0.168. The molecule has 0 aliphatic carbocycles. The summed E-state index contributed by atoms with van der Waals surface area (Å²) in [4.78, 5) is 71.4. The maximum absolute atomic E-state index is 11.9. The largest absolute Gasteiger partial charge is 0.480 e. The van der Waals surface area contributed by atoms with Gasteiger partial charge in [0.1, 0.15) is 11.6 Å². The topological polar surface area (TPSA) is 183 Å². The van der Waals surface area contributed by atoms with Crippen LogP contribution in [0.2, 0.25) is 0 Å². The van der Waals surface area contributed by atoms with Crippen molar-refractivity contribution in [2.75, 3.05) is 0 Å². The molecule has 4 N–H and O–H groups in total. The third kappa shape index (κ3) is 33.5. The molecular weight excluding hydrogens is 857 g/mol. The predicted molar refractivity (Wildman–Crippen MR) is 280 cm³/mol. The van der Waals surface area contributed by atoms with E-state index >= 15 is 0 Å². The van der Waals surface area contributed by atoms with Gasteiger partial charge in [0, 0.05) is 23.7 Å². The number of carboxylic acids is 4. The van der Waals surface area contributed by atoms with E-state index in [-0.39, 0.29) is 36.5 Å². The van der Waals surface area contributed by atoms with Crippen LogP contribution in [0.4, 0.5) is 0 Å². The van der Waals surface area contributed by atoms with Crippen LogP contribution in [0.25, 0.3) is 0 Å². The van der Waals surface area contributed by atoms with Crippen molar-refractivity contribution in [3.8, 4) is 0 Å². The lowest BCUT2D eigenvalue weighted by Crippen LogP contribution is -2.39. The maximum atomic E-state index is 11.9. The van der Waals surface area contributed by atoms with Crippen molar-refractivity contribution >= 4 is 35.4 Å². The first-order chi connectivity index (χ1) is 32.2. The number of allylic oxidation sites excluding steroid dienone is 1. The van der Waals surface area contributed by atoms with Crippen molar-refractivity contribution in [1.29, 1.82) is 0 Å². The Balaban J connectivity index is 0. The number of hydrogen-bond donors (Lipinski definition) is 4. The molecule has 0 amide bonds. The molecule has 0 saturated carbocycles. The van der Waals surface area contributed by atoms with E-state index in [0.29, 0.717) is 50.1 Å². The van der Waals surface area contributed by atoms with E-state index in [1.54, 1.807) is 0 Å². The van der Waals surface area contributed by atoms with Crippen LogP contribution >= 0.6 is 0 Å². The van der Waals surface area contributed by atoms with Crippen LogP contribution in [-0.2, 0) is 28.8 Å². The van der Waals surface area contributed by atoms with Crippen LogP contribution in [0, 0.1) is 21.7 Å². The van der Waals surface area contributed by atoms with Crippen molar-refractivity contribution in [3.63, 3.8) is 0 Å². The highest BCUT2D eigenvalue weighted by molar-refractivity contribution is 5.98. The van der Waals surface area contributed by atoms with Gasteiger partial charge in [0.15, 0.2) is 10.8 Å². The highest BCUT2D eigenvalue weighted by Gasteiger charge is 2.46. The molecule has 0 radical (unpaired) electrons. The van der Waals surface area contributed by atoms with Crippen molar-refractivity contribution in [2.24, 2.45) is 21.7 Å². The van der Waals surface area contributed by atoms with Crippen LogP contribution in [0.3, 0.4) is 0 Å². The number of Topliss-reactive ketones (excluding diaryl/α,β-unsaturated/α-hetero) is 2. The minimum atomic E-state index is -1.64. The second-order valence-corrected chi connectivity index (χ2v) is 22.3. The van der Waals surface area contributed by atoms with Crippen molar-refractivity contribution < 1.29 is 49.2 Å². The smallest absolute Gasteiger partial charge is 0.321 e. The third-order valence-electron chi connectivity index (χ3n) is 14.0. The molecule has 0 bridgehead atoms. The number of aliphatic carboxylic acids is 4. The Kier molecular flexibility index (Phi) is 40.1. The van der Waals surface area contributed by atoms with Gasteiger partial charge in [0.25, 0.3) is 0 Å². The van der Waals surface area contributed by atoms with Crippen LogP contribution in [0.5, 0.6) is 0 Å². The zero-order valence-corrected chi connectivity index (χ0v) is 45.1. The van der Waals surface area contributed by atoms with E-state index in [4.69, 9.17) is 0 Å². The van der Waals surface area contributed by atoms with Crippen molar-refractivity contribution in [3.05, 3.63) is 12.7 Å². The number of hydrogen-bond acceptors (Lipinski definition) is 6. The molecule has 0 aliphatic rings. The van der Waals surface area contributed by atoms with Gasteiger partial charge in [-0.2, -0.15) is 0 Å². The van der Waals surface area contributed by atoms with Crippen LogP contribution in [0.15, 0.2) is 12.7 Å². The molecule has 0 fully saturated rings. The summed E-state index contributed by atoms with van der Waals surface area (Å²) >= 11 is 0. The van der Waals surface area contributed by atoms with E-state index in [1.807, 2.05) is 47.6 Å². The Bertz CT molecular complexity index is 1330. The van der Waals surface area contributed by atoms with Gasteiger partial charge < -0.3 is 20.4 Å². The monoisotopic (exact) mass is 963 g/mol. The Morgan fingerprint density at radius 3 is 0.750 bits per heavy atom. The summed E-state index contributed by atoms with van der Waals surface area (Å²) in [7, 11) is 0. The molecular formula is C58H106O10. The summed E-state index contributed by atoms with van der Waals surface area (Å²) in [5, 5.41) is 38.9. The molecule has 68 heavy (non-hydrogen) atoms. The Morgan fingerprint density at radius 2 is 0.544 bits per heavy atom. The second kappa shape index (κ2) is 40.7. The molecule has 0 aliphatic heterocycles. The molecule has 0 heterocycles. The standard InChI is InChI=1S/C29H54O5.C29H52O5/c2*1-5-6-7-8-9-11-14-17-20-23-29(26(31)32,27(33)34)24-21-18-15-12-10-13-16-19-22-25(30)28(2,3)4/h5-24H2,1-4H3,(H,31,32)(H,33,34);5H,1,6-24H2,2-4H3,(H,31,32)(H,33,34). The summed E-state index contributed by atoms with van der Waals surface area (Å²) in [6.07, 6.45) is 38.3. The second-order valence-electron chi connectivity index (χ2n) is 22.3. The van der Waals surface area contributed by atoms with E-state index in [0.717, 1.165) is 135 Å². The molecule has 0 saturated heterocycles. The minimum Gasteiger partial charge on any atom is -0.480 e. The van der Waals surface area contributed by atoms with Crippen LogP contribution in [-0.4, -0.2) is 55.9 Å². The number of carboxylic acid groups (broad SMARTS) is 4.